The number of anilines is 1. The molecule has 0 aliphatic carbocycles. The maximum Gasteiger partial charge on any atom is 0.325 e. The van der Waals surface area contributed by atoms with Crippen LogP contribution < -0.4 is 11.1 Å². The highest BCUT2D eigenvalue weighted by Gasteiger charge is 2.02. The normalized spacial score (nSPS) is 11.4. The van der Waals surface area contributed by atoms with Crippen molar-refractivity contribution in [3.05, 3.63) is 12.4 Å². The second-order valence-corrected chi connectivity index (χ2v) is 2.55. The predicted molar refractivity (Wildman–Crippen MR) is 51.0 cm³/mol. The Morgan fingerprint density at radius 2 is 2.57 bits per heavy atom. The van der Waals surface area contributed by atoms with Crippen LogP contribution in [0.25, 0.3) is 0 Å². The number of rotatable bonds is 3. The molecule has 7 heteroatoms. The first-order valence-corrected chi connectivity index (χ1v) is 3.85. The molecule has 0 unspecified atom stereocenters. The maximum absolute atomic E-state index is 10.3. The van der Waals surface area contributed by atoms with Gasteiger partial charge >= 0.3 is 5.97 Å². The molecule has 1 aromatic rings. The van der Waals surface area contributed by atoms with Gasteiger partial charge in [0.2, 0.25) is 0 Å². The molecule has 76 valence electrons. The summed E-state index contributed by atoms with van der Waals surface area (Å²) < 4.78 is 1.29. The molecule has 0 aliphatic heterocycles. The van der Waals surface area contributed by atoms with Gasteiger partial charge in [0.1, 0.15) is 6.54 Å². The molecule has 0 radical (unpaired) electrons. The zero-order valence-electron chi connectivity index (χ0n) is 7.64. The predicted octanol–water partition coefficient (Wildman–Crippen LogP) is -0.676. The van der Waals surface area contributed by atoms with Crippen molar-refractivity contribution in [1.29, 1.82) is 0 Å². The zero-order chi connectivity index (χ0) is 10.6. The van der Waals surface area contributed by atoms with Crippen LogP contribution in [-0.2, 0) is 11.3 Å². The minimum Gasteiger partial charge on any atom is -0.480 e. The van der Waals surface area contributed by atoms with E-state index in [0.717, 1.165) is 0 Å². The summed E-state index contributed by atoms with van der Waals surface area (Å²) in [5.74, 6) is -0.698. The highest BCUT2D eigenvalue weighted by Crippen LogP contribution is 2.03. The number of nitrogens with one attached hydrogen (secondary N) is 1. The van der Waals surface area contributed by atoms with Crippen molar-refractivity contribution in [2.24, 2.45) is 10.7 Å². The van der Waals surface area contributed by atoms with Crippen molar-refractivity contribution in [2.45, 2.75) is 6.54 Å². The summed E-state index contributed by atoms with van der Waals surface area (Å²) in [4.78, 5) is 14.0. The van der Waals surface area contributed by atoms with E-state index in [1.165, 1.54) is 17.1 Å². The molecular formula is C7H11N5O2. The Morgan fingerprint density at radius 3 is 3.14 bits per heavy atom. The fourth-order valence-electron chi connectivity index (χ4n) is 0.857. The lowest BCUT2D eigenvalue weighted by Crippen LogP contribution is -2.21. The summed E-state index contributed by atoms with van der Waals surface area (Å²) in [6.45, 7) is -0.176. The number of nitrogens with two attached hydrogens (primary N) is 1. The summed E-state index contributed by atoms with van der Waals surface area (Å²) in [6, 6.07) is 0. The minimum atomic E-state index is -0.947. The quantitative estimate of drug-likeness (QED) is 0.440. The van der Waals surface area contributed by atoms with Gasteiger partial charge in [0.15, 0.2) is 5.96 Å². The number of carboxylic acids is 1. The Hall–Kier alpha value is -2.05. The summed E-state index contributed by atoms with van der Waals surface area (Å²) in [6.07, 6.45) is 3.01. The van der Waals surface area contributed by atoms with Crippen LogP contribution in [0, 0.1) is 0 Å². The van der Waals surface area contributed by atoms with Gasteiger partial charge in [-0.3, -0.25) is 14.5 Å². The molecule has 4 N–H and O–H groups in total. The average Bonchev–Trinajstić information content (AvgIpc) is 2.51. The molecule has 0 atom stereocenters. The average molecular weight is 197 g/mol. The van der Waals surface area contributed by atoms with E-state index in [0.29, 0.717) is 5.69 Å². The molecule has 7 nitrogen and oxygen atoms in total. The van der Waals surface area contributed by atoms with Crippen LogP contribution in [-0.4, -0.2) is 33.9 Å². The third kappa shape index (κ3) is 2.77. The molecule has 0 amide bonds. The monoisotopic (exact) mass is 197 g/mol. The maximum atomic E-state index is 10.3. The van der Waals surface area contributed by atoms with Crippen LogP contribution in [0.4, 0.5) is 5.69 Å². The Bertz CT molecular complexity index is 357. The number of hydrogen-bond acceptors (Lipinski definition) is 3. The molecule has 0 saturated carbocycles. The molecule has 0 spiro atoms. The van der Waals surface area contributed by atoms with Gasteiger partial charge in [-0.2, -0.15) is 5.10 Å². The summed E-state index contributed by atoms with van der Waals surface area (Å²) in [7, 11) is 1.55. The van der Waals surface area contributed by atoms with Crippen LogP contribution in [0.2, 0.25) is 0 Å². The number of nitrogens with zero attached hydrogens (tertiary/aromatic N) is 3. The number of aliphatic carboxylic acids is 1. The topological polar surface area (TPSA) is 106 Å². The standard InChI is InChI=1S/C7H11N5O2/c1-9-7(8)11-5-2-10-12(3-5)4-6(13)14/h2-3H,4H2,1H3,(H,13,14)(H3,8,9,11). The van der Waals surface area contributed by atoms with Crippen LogP contribution >= 0.6 is 0 Å². The molecule has 1 heterocycles. The highest BCUT2D eigenvalue weighted by molar-refractivity contribution is 5.91. The Labute approximate surface area is 80.2 Å². The van der Waals surface area contributed by atoms with Gasteiger partial charge in [0.25, 0.3) is 0 Å². The Morgan fingerprint density at radius 1 is 1.86 bits per heavy atom. The lowest BCUT2D eigenvalue weighted by Gasteiger charge is -1.99. The molecule has 1 aromatic heterocycles. The SMILES string of the molecule is CN=C(N)Nc1cnn(CC(=O)O)c1. The second kappa shape index (κ2) is 4.26. The molecular weight excluding hydrogens is 186 g/mol. The number of carbonyl (C=O) groups is 1. The van der Waals surface area contributed by atoms with Gasteiger partial charge in [-0.1, -0.05) is 0 Å². The number of carboxylic acid groups (broad SMARTS) is 1. The molecule has 0 aliphatic rings. The van der Waals surface area contributed by atoms with E-state index in [-0.39, 0.29) is 12.5 Å². The Kier molecular flexibility index (Phi) is 3.05. The third-order valence-corrected chi connectivity index (χ3v) is 1.44. The largest absolute Gasteiger partial charge is 0.480 e. The summed E-state index contributed by atoms with van der Waals surface area (Å²) in [5, 5.41) is 15.0. The number of guanidine groups is 1. The summed E-state index contributed by atoms with van der Waals surface area (Å²) >= 11 is 0. The molecule has 0 aromatic carbocycles. The first-order valence-electron chi connectivity index (χ1n) is 3.85. The van der Waals surface area contributed by atoms with E-state index >= 15 is 0 Å². The van der Waals surface area contributed by atoms with Crippen molar-refractivity contribution in [3.63, 3.8) is 0 Å². The minimum absolute atomic E-state index is 0.176. The van der Waals surface area contributed by atoms with Crippen molar-refractivity contribution in [3.8, 4) is 0 Å². The van der Waals surface area contributed by atoms with Crippen LogP contribution in [0.3, 0.4) is 0 Å². The number of aromatic nitrogens is 2. The smallest absolute Gasteiger partial charge is 0.325 e. The molecule has 0 bridgehead atoms. The van der Waals surface area contributed by atoms with E-state index in [9.17, 15) is 4.79 Å². The molecule has 0 saturated heterocycles. The lowest BCUT2D eigenvalue weighted by atomic mass is 10.5. The van der Waals surface area contributed by atoms with Crippen molar-refractivity contribution < 1.29 is 9.90 Å². The second-order valence-electron chi connectivity index (χ2n) is 2.55. The van der Waals surface area contributed by atoms with Gasteiger partial charge < -0.3 is 16.2 Å². The van der Waals surface area contributed by atoms with Gasteiger partial charge in [0.05, 0.1) is 11.9 Å². The van der Waals surface area contributed by atoms with E-state index < -0.39 is 5.97 Å². The van der Waals surface area contributed by atoms with Crippen molar-refractivity contribution in [2.75, 3.05) is 12.4 Å². The van der Waals surface area contributed by atoms with Crippen LogP contribution in [0.1, 0.15) is 0 Å². The number of hydrogen-bond donors (Lipinski definition) is 3. The van der Waals surface area contributed by atoms with Crippen molar-refractivity contribution in [1.82, 2.24) is 9.78 Å². The lowest BCUT2D eigenvalue weighted by molar-refractivity contribution is -0.137. The molecule has 14 heavy (non-hydrogen) atoms. The van der Waals surface area contributed by atoms with E-state index in [1.54, 1.807) is 7.05 Å². The van der Waals surface area contributed by atoms with E-state index in [4.69, 9.17) is 10.8 Å². The van der Waals surface area contributed by atoms with Gasteiger partial charge in [-0.25, -0.2) is 0 Å². The molecule has 1 rings (SSSR count). The Balaban J connectivity index is 2.64. The van der Waals surface area contributed by atoms with Gasteiger partial charge in [0, 0.05) is 13.2 Å². The van der Waals surface area contributed by atoms with E-state index in [2.05, 4.69) is 15.4 Å². The van der Waals surface area contributed by atoms with Crippen molar-refractivity contribution >= 4 is 17.6 Å². The first kappa shape index (κ1) is 10.0. The fourth-order valence-corrected chi connectivity index (χ4v) is 0.857. The number of aliphatic imine (C=N–C) groups is 1. The van der Waals surface area contributed by atoms with Gasteiger partial charge in [-0.05, 0) is 0 Å². The zero-order valence-corrected chi connectivity index (χ0v) is 7.64. The summed E-state index contributed by atoms with van der Waals surface area (Å²) in [5.41, 5.74) is 6.01. The third-order valence-electron chi connectivity index (χ3n) is 1.44. The first-order chi connectivity index (χ1) is 6.61. The fraction of sp³-hybridized carbons (Fsp3) is 0.286. The van der Waals surface area contributed by atoms with E-state index in [1.807, 2.05) is 0 Å². The van der Waals surface area contributed by atoms with Crippen LogP contribution in [0.5, 0.6) is 0 Å². The van der Waals surface area contributed by atoms with Crippen LogP contribution in [0.15, 0.2) is 17.4 Å². The highest BCUT2D eigenvalue weighted by atomic mass is 16.4. The van der Waals surface area contributed by atoms with Gasteiger partial charge in [-0.15, -0.1) is 0 Å². The molecule has 0 fully saturated rings.